The molecule has 0 unspecified atom stereocenters. The molecule has 1 aromatic carbocycles. The van der Waals surface area contributed by atoms with E-state index in [0.717, 1.165) is 12.0 Å². The number of anilines is 1. The average molecular weight is 451 g/mol. The number of aromatic nitrogens is 4. The normalized spacial score (nSPS) is 15.8. The average Bonchev–Trinajstić information content (AvgIpc) is 3.37. The molecule has 0 bridgehead atoms. The Labute approximate surface area is 188 Å². The zero-order valence-electron chi connectivity index (χ0n) is 17.1. The van der Waals surface area contributed by atoms with Crippen LogP contribution >= 0.6 is 11.6 Å². The van der Waals surface area contributed by atoms with Gasteiger partial charge in [-0.3, -0.25) is 14.5 Å². The molecule has 1 saturated heterocycles. The number of nitrogens with zero attached hydrogens (tertiary/aromatic N) is 5. The molecule has 1 aliphatic heterocycles. The van der Waals surface area contributed by atoms with Gasteiger partial charge >= 0.3 is 0 Å². The van der Waals surface area contributed by atoms with Gasteiger partial charge in [-0.05, 0) is 48.7 Å². The van der Waals surface area contributed by atoms with E-state index in [-0.39, 0.29) is 5.82 Å². The maximum atomic E-state index is 14.2. The van der Waals surface area contributed by atoms with Crippen LogP contribution in [0.1, 0.15) is 18.4 Å². The summed E-state index contributed by atoms with van der Waals surface area (Å²) in [5.41, 5.74) is 7.87. The number of fused-ring (bicyclic) bond motifs is 1. The lowest BCUT2D eigenvalue weighted by Crippen LogP contribution is -2.46. The number of nitrogen functional groups attached to an aromatic ring is 1. The molecule has 1 fully saturated rings. The number of hydrogen-bond donors (Lipinski definition) is 1. The van der Waals surface area contributed by atoms with E-state index in [2.05, 4.69) is 15.1 Å². The molecule has 32 heavy (non-hydrogen) atoms. The molecule has 162 valence electrons. The largest absolute Gasteiger partial charge is 0.383 e. The van der Waals surface area contributed by atoms with Crippen LogP contribution in [0.2, 0.25) is 5.02 Å². The van der Waals surface area contributed by atoms with Gasteiger partial charge in [-0.2, -0.15) is 5.10 Å². The Bertz CT molecular complexity index is 1300. The Morgan fingerprint density at radius 2 is 1.94 bits per heavy atom. The topological polar surface area (TPSA) is 89.9 Å². The van der Waals surface area contributed by atoms with Gasteiger partial charge in [0.15, 0.2) is 0 Å². The van der Waals surface area contributed by atoms with Crippen molar-refractivity contribution in [3.05, 3.63) is 71.5 Å². The number of carbonyl (C=O) groups excluding carboxylic acids is 1. The van der Waals surface area contributed by atoms with E-state index in [1.54, 1.807) is 23.4 Å². The van der Waals surface area contributed by atoms with Crippen LogP contribution in [0, 0.1) is 5.82 Å². The number of amides is 1. The molecule has 2 N–H and O–H groups in total. The number of nitrogens with two attached hydrogens (primary N) is 1. The van der Waals surface area contributed by atoms with Gasteiger partial charge in [0.1, 0.15) is 11.6 Å². The molecule has 0 saturated carbocycles. The third-order valence-corrected chi connectivity index (χ3v) is 6.57. The van der Waals surface area contributed by atoms with Crippen LogP contribution in [0.5, 0.6) is 0 Å². The van der Waals surface area contributed by atoms with E-state index in [1.807, 2.05) is 23.0 Å². The minimum Gasteiger partial charge on any atom is -0.383 e. The number of piperidine rings is 1. The number of halogens is 2. The molecule has 9 heteroatoms. The number of carbonyl (C=O) groups is 1. The van der Waals surface area contributed by atoms with Crippen LogP contribution in [0.4, 0.5) is 10.2 Å². The summed E-state index contributed by atoms with van der Waals surface area (Å²) in [5, 5.41) is 5.84. The number of rotatable bonds is 4. The molecule has 0 radical (unpaired) electrons. The Morgan fingerprint density at radius 1 is 1.12 bits per heavy atom. The molecule has 7 nitrogen and oxygen atoms in total. The Balaban J connectivity index is 1.64. The third kappa shape index (κ3) is 3.27. The molecular formula is C23H20ClFN6O. The predicted octanol–water partition coefficient (Wildman–Crippen LogP) is 3.86. The van der Waals surface area contributed by atoms with Crippen molar-refractivity contribution >= 4 is 34.6 Å². The van der Waals surface area contributed by atoms with E-state index in [0.29, 0.717) is 58.8 Å². The van der Waals surface area contributed by atoms with Gasteiger partial charge in [-0.15, -0.1) is 0 Å². The van der Waals surface area contributed by atoms with Gasteiger partial charge in [-0.1, -0.05) is 11.6 Å². The van der Waals surface area contributed by atoms with Crippen molar-refractivity contribution < 1.29 is 9.18 Å². The van der Waals surface area contributed by atoms with Gasteiger partial charge in [0, 0.05) is 59.2 Å². The third-order valence-electron chi connectivity index (χ3n) is 6.24. The van der Waals surface area contributed by atoms with Crippen molar-refractivity contribution in [3.63, 3.8) is 0 Å². The van der Waals surface area contributed by atoms with Crippen molar-refractivity contribution in [1.82, 2.24) is 24.6 Å². The van der Waals surface area contributed by atoms with Crippen LogP contribution in [-0.4, -0.2) is 44.1 Å². The smallest absolute Gasteiger partial charge is 0.209 e. The second kappa shape index (κ2) is 7.87. The van der Waals surface area contributed by atoms with Gasteiger partial charge < -0.3 is 10.6 Å². The molecule has 0 aliphatic carbocycles. The number of benzene rings is 1. The molecule has 0 spiro atoms. The van der Waals surface area contributed by atoms with E-state index < -0.39 is 5.54 Å². The molecule has 1 aliphatic rings. The number of pyridine rings is 2. The first-order chi connectivity index (χ1) is 15.5. The number of likely N-dealkylation sites (tertiary alicyclic amines) is 1. The monoisotopic (exact) mass is 450 g/mol. The van der Waals surface area contributed by atoms with Crippen LogP contribution in [0.25, 0.3) is 22.0 Å². The van der Waals surface area contributed by atoms with E-state index >= 15 is 0 Å². The van der Waals surface area contributed by atoms with Gasteiger partial charge in [0.2, 0.25) is 6.41 Å². The van der Waals surface area contributed by atoms with E-state index in [4.69, 9.17) is 17.3 Å². The fourth-order valence-electron chi connectivity index (χ4n) is 4.42. The summed E-state index contributed by atoms with van der Waals surface area (Å²) in [7, 11) is 0. The van der Waals surface area contributed by atoms with Gasteiger partial charge in [-0.25, -0.2) is 9.37 Å². The second-order valence-electron chi connectivity index (χ2n) is 7.92. The highest BCUT2D eigenvalue weighted by Gasteiger charge is 2.39. The second-order valence-corrected chi connectivity index (χ2v) is 8.33. The standard InChI is InChI=1S/C23H20ClFN6O/c24-19-2-3-20(25)18-13-27-21(11-16(18)19)17-10-15(12-28-22(17)26)23(31-7-1-6-29-31)4-8-30(14-32)9-5-23/h1-3,6-7,10-14H,4-5,8-9H2,(H2,26,28). The fourth-order valence-corrected chi connectivity index (χ4v) is 4.64. The van der Waals surface area contributed by atoms with Crippen molar-refractivity contribution in [3.8, 4) is 11.3 Å². The minimum atomic E-state index is -0.473. The zero-order chi connectivity index (χ0) is 22.3. The first kappa shape index (κ1) is 20.4. The summed E-state index contributed by atoms with van der Waals surface area (Å²) >= 11 is 6.31. The zero-order valence-corrected chi connectivity index (χ0v) is 17.8. The maximum Gasteiger partial charge on any atom is 0.209 e. The lowest BCUT2D eigenvalue weighted by atomic mass is 9.81. The Morgan fingerprint density at radius 3 is 2.66 bits per heavy atom. The van der Waals surface area contributed by atoms with E-state index in [9.17, 15) is 9.18 Å². The summed E-state index contributed by atoms with van der Waals surface area (Å²) in [6, 6.07) is 8.41. The summed E-state index contributed by atoms with van der Waals surface area (Å²) in [4.78, 5) is 21.9. The molecule has 5 rings (SSSR count). The minimum absolute atomic E-state index is 0.314. The summed E-state index contributed by atoms with van der Waals surface area (Å²) in [5.74, 6) is -0.0723. The van der Waals surface area contributed by atoms with Crippen LogP contribution in [0.3, 0.4) is 0 Å². The molecule has 4 aromatic rings. The number of hydrogen-bond acceptors (Lipinski definition) is 5. The van der Waals surface area contributed by atoms with Crippen LogP contribution < -0.4 is 5.73 Å². The quantitative estimate of drug-likeness (QED) is 0.477. The first-order valence-electron chi connectivity index (χ1n) is 10.2. The lowest BCUT2D eigenvalue weighted by molar-refractivity contribution is -0.119. The Kier molecular flexibility index (Phi) is 5.01. The SMILES string of the molecule is Nc1ncc(C2(n3cccn3)CCN(C=O)CC2)cc1-c1cc2c(Cl)ccc(F)c2cn1. The predicted molar refractivity (Wildman–Crippen MR) is 121 cm³/mol. The highest BCUT2D eigenvalue weighted by molar-refractivity contribution is 6.35. The van der Waals surface area contributed by atoms with Crippen molar-refractivity contribution in [2.24, 2.45) is 0 Å². The lowest BCUT2D eigenvalue weighted by Gasteiger charge is -2.41. The van der Waals surface area contributed by atoms with Crippen molar-refractivity contribution in [2.75, 3.05) is 18.8 Å². The van der Waals surface area contributed by atoms with Crippen molar-refractivity contribution in [2.45, 2.75) is 18.4 Å². The summed E-state index contributed by atoms with van der Waals surface area (Å²) in [6.45, 7) is 1.21. The highest BCUT2D eigenvalue weighted by Crippen LogP contribution is 2.39. The maximum absolute atomic E-state index is 14.2. The van der Waals surface area contributed by atoms with Gasteiger partial charge in [0.05, 0.1) is 11.2 Å². The van der Waals surface area contributed by atoms with E-state index in [1.165, 1.54) is 18.3 Å². The Hall–Kier alpha value is -3.52. The molecule has 0 atom stereocenters. The summed E-state index contributed by atoms with van der Waals surface area (Å²) < 4.78 is 16.1. The van der Waals surface area contributed by atoms with Crippen LogP contribution in [0.15, 0.2) is 55.1 Å². The first-order valence-corrected chi connectivity index (χ1v) is 10.6. The molecular weight excluding hydrogens is 431 g/mol. The molecule has 4 heterocycles. The highest BCUT2D eigenvalue weighted by atomic mass is 35.5. The van der Waals surface area contributed by atoms with Crippen molar-refractivity contribution in [1.29, 1.82) is 0 Å². The van der Waals surface area contributed by atoms with Crippen LogP contribution in [-0.2, 0) is 10.3 Å². The summed E-state index contributed by atoms with van der Waals surface area (Å²) in [6.07, 6.45) is 9.11. The van der Waals surface area contributed by atoms with Gasteiger partial charge in [0.25, 0.3) is 0 Å². The fraction of sp³-hybridized carbons (Fsp3) is 0.217. The molecule has 3 aromatic heterocycles. The molecule has 1 amide bonds.